The lowest BCUT2D eigenvalue weighted by Gasteiger charge is -2.20. The van der Waals surface area contributed by atoms with Crippen molar-refractivity contribution in [2.24, 2.45) is 0 Å². The number of aliphatic hydroxyl groups is 1. The van der Waals surface area contributed by atoms with Crippen LogP contribution in [-0.2, 0) is 11.2 Å². The van der Waals surface area contributed by atoms with Crippen LogP contribution in [0.2, 0.25) is 0 Å². The molecule has 4 nitrogen and oxygen atoms in total. The average Bonchev–Trinajstić information content (AvgIpc) is 2.64. The minimum Gasteiger partial charge on any atom is -0.379 e. The highest BCUT2D eigenvalue weighted by Gasteiger charge is 2.22. The van der Waals surface area contributed by atoms with Crippen molar-refractivity contribution in [3.63, 3.8) is 0 Å². The summed E-state index contributed by atoms with van der Waals surface area (Å²) in [7, 11) is 0. The summed E-state index contributed by atoms with van der Waals surface area (Å²) in [5.41, 5.74) is 1.10. The zero-order valence-corrected chi connectivity index (χ0v) is 12.4. The van der Waals surface area contributed by atoms with Crippen molar-refractivity contribution in [3.05, 3.63) is 35.9 Å². The number of amides is 1. The Morgan fingerprint density at radius 1 is 1.45 bits per heavy atom. The third kappa shape index (κ3) is 4.81. The summed E-state index contributed by atoms with van der Waals surface area (Å²) in [5, 5.41) is 15.3. The minimum atomic E-state index is -0.532. The van der Waals surface area contributed by atoms with E-state index in [1.807, 2.05) is 30.3 Å². The molecule has 0 bridgehead atoms. The van der Waals surface area contributed by atoms with Crippen LogP contribution in [0.15, 0.2) is 30.3 Å². The van der Waals surface area contributed by atoms with E-state index in [9.17, 15) is 9.90 Å². The number of carbonyl (C=O) groups excluding carboxylic acids is 1. The van der Waals surface area contributed by atoms with Gasteiger partial charge in [0.2, 0.25) is 5.91 Å². The maximum absolute atomic E-state index is 12.1. The molecule has 1 aromatic rings. The van der Waals surface area contributed by atoms with Crippen molar-refractivity contribution in [1.29, 1.82) is 0 Å². The first-order valence-electron chi connectivity index (χ1n) is 7.09. The molecule has 20 heavy (non-hydrogen) atoms. The second kappa shape index (κ2) is 7.67. The number of hydrogen-bond acceptors (Lipinski definition) is 4. The van der Waals surface area contributed by atoms with Crippen molar-refractivity contribution < 1.29 is 9.90 Å². The van der Waals surface area contributed by atoms with Crippen LogP contribution in [-0.4, -0.2) is 35.1 Å². The lowest BCUT2D eigenvalue weighted by molar-refractivity contribution is -0.121. The topological polar surface area (TPSA) is 61.4 Å². The highest BCUT2D eigenvalue weighted by molar-refractivity contribution is 7.81. The fourth-order valence-corrected chi connectivity index (χ4v) is 2.73. The van der Waals surface area contributed by atoms with Gasteiger partial charge in [0.15, 0.2) is 0 Å². The Hall–Kier alpha value is -1.04. The molecule has 1 aromatic carbocycles. The molecular formula is C15H22N2O2S. The van der Waals surface area contributed by atoms with E-state index in [0.29, 0.717) is 12.8 Å². The predicted octanol–water partition coefficient (Wildman–Crippen LogP) is 1.10. The predicted molar refractivity (Wildman–Crippen MR) is 82.7 cm³/mol. The second-order valence-electron chi connectivity index (χ2n) is 5.26. The van der Waals surface area contributed by atoms with Crippen LogP contribution in [0.25, 0.3) is 0 Å². The smallest absolute Gasteiger partial charge is 0.233 e. The van der Waals surface area contributed by atoms with Crippen LogP contribution in [0.4, 0.5) is 0 Å². The van der Waals surface area contributed by atoms with Gasteiger partial charge in [0.25, 0.3) is 0 Å². The molecular weight excluding hydrogens is 272 g/mol. The molecule has 1 saturated heterocycles. The molecule has 3 atom stereocenters. The molecule has 0 spiro atoms. The van der Waals surface area contributed by atoms with E-state index in [1.54, 1.807) is 0 Å². The van der Waals surface area contributed by atoms with Gasteiger partial charge in [-0.25, -0.2) is 0 Å². The molecule has 1 amide bonds. The number of thiol groups is 1. The monoisotopic (exact) mass is 294 g/mol. The zero-order chi connectivity index (χ0) is 14.4. The molecule has 3 N–H and O–H groups in total. The summed E-state index contributed by atoms with van der Waals surface area (Å²) < 4.78 is 0. The number of hydrogen-bond donors (Lipinski definition) is 4. The third-order valence-corrected chi connectivity index (χ3v) is 3.96. The number of carbonyl (C=O) groups is 1. The highest BCUT2D eigenvalue weighted by Crippen LogP contribution is 2.12. The maximum atomic E-state index is 12.1. The summed E-state index contributed by atoms with van der Waals surface area (Å²) in [6.07, 6.45) is 2.48. The summed E-state index contributed by atoms with van der Waals surface area (Å²) in [4.78, 5) is 12.1. The molecule has 1 fully saturated rings. The molecule has 5 heteroatoms. The Labute approximate surface area is 125 Å². The fourth-order valence-electron chi connectivity index (χ4n) is 2.45. The summed E-state index contributed by atoms with van der Waals surface area (Å²) in [5.74, 6) is -0.0590. The van der Waals surface area contributed by atoms with Crippen LogP contribution in [0.3, 0.4) is 0 Å². The number of benzene rings is 1. The van der Waals surface area contributed by atoms with E-state index in [4.69, 9.17) is 0 Å². The van der Waals surface area contributed by atoms with E-state index >= 15 is 0 Å². The van der Waals surface area contributed by atoms with Crippen molar-refractivity contribution in [1.82, 2.24) is 10.6 Å². The van der Waals surface area contributed by atoms with Gasteiger partial charge in [-0.05, 0) is 31.4 Å². The van der Waals surface area contributed by atoms with Crippen LogP contribution in [0, 0.1) is 0 Å². The lowest BCUT2D eigenvalue weighted by Crippen LogP contribution is -2.42. The van der Waals surface area contributed by atoms with E-state index < -0.39 is 6.23 Å². The van der Waals surface area contributed by atoms with Gasteiger partial charge in [0.05, 0.1) is 5.25 Å². The molecule has 0 aromatic heterocycles. The number of aliphatic hydroxyl groups excluding tert-OH is 1. The SMILES string of the molecule is O=C(NC1CCCN[C@H](O)C1)[C@@H](S)Cc1ccccc1. The molecule has 0 radical (unpaired) electrons. The van der Waals surface area contributed by atoms with Crippen molar-refractivity contribution in [2.75, 3.05) is 6.54 Å². The molecule has 0 saturated carbocycles. The summed E-state index contributed by atoms with van der Waals surface area (Å²) in [6.45, 7) is 0.794. The van der Waals surface area contributed by atoms with E-state index in [1.165, 1.54) is 0 Å². The molecule has 0 aliphatic carbocycles. The summed E-state index contributed by atoms with van der Waals surface area (Å²) in [6, 6.07) is 9.89. The molecule has 2 rings (SSSR count). The molecule has 1 heterocycles. The standard InChI is InChI=1S/C15H22N2O2S/c18-14-10-12(7-4-8-16-14)17-15(19)13(20)9-11-5-2-1-3-6-11/h1-3,5-6,12-14,16,18,20H,4,7-10H2,(H,17,19)/t12?,13-,14+/m0/s1. The molecule has 1 aliphatic heterocycles. The molecule has 1 aliphatic rings. The molecule has 1 unspecified atom stereocenters. The number of rotatable bonds is 4. The summed E-state index contributed by atoms with van der Waals surface area (Å²) >= 11 is 4.40. The molecule has 110 valence electrons. The highest BCUT2D eigenvalue weighted by atomic mass is 32.1. The van der Waals surface area contributed by atoms with Gasteiger partial charge in [0, 0.05) is 12.5 Å². The van der Waals surface area contributed by atoms with Crippen LogP contribution in [0.5, 0.6) is 0 Å². The Balaban J connectivity index is 1.84. The van der Waals surface area contributed by atoms with Crippen molar-refractivity contribution >= 4 is 18.5 Å². The van der Waals surface area contributed by atoms with Crippen LogP contribution >= 0.6 is 12.6 Å². The Kier molecular flexibility index (Phi) is 5.88. The van der Waals surface area contributed by atoms with E-state index in [0.717, 1.165) is 24.9 Å². The second-order valence-corrected chi connectivity index (χ2v) is 5.88. The number of nitrogens with one attached hydrogen (secondary N) is 2. The van der Waals surface area contributed by atoms with Gasteiger partial charge in [-0.15, -0.1) is 0 Å². The Morgan fingerprint density at radius 3 is 2.95 bits per heavy atom. The Bertz CT molecular complexity index is 427. The maximum Gasteiger partial charge on any atom is 0.233 e. The van der Waals surface area contributed by atoms with Crippen molar-refractivity contribution in [3.8, 4) is 0 Å². The zero-order valence-electron chi connectivity index (χ0n) is 11.5. The Morgan fingerprint density at radius 2 is 2.20 bits per heavy atom. The fraction of sp³-hybridized carbons (Fsp3) is 0.533. The van der Waals surface area contributed by atoms with Gasteiger partial charge >= 0.3 is 0 Å². The largest absolute Gasteiger partial charge is 0.379 e. The van der Waals surface area contributed by atoms with Crippen LogP contribution < -0.4 is 10.6 Å². The van der Waals surface area contributed by atoms with Gasteiger partial charge in [0.1, 0.15) is 6.23 Å². The first kappa shape index (κ1) is 15.4. The third-order valence-electron chi connectivity index (χ3n) is 3.54. The first-order valence-corrected chi connectivity index (χ1v) is 7.60. The van der Waals surface area contributed by atoms with E-state index in [2.05, 4.69) is 23.3 Å². The van der Waals surface area contributed by atoms with Crippen molar-refractivity contribution in [2.45, 2.75) is 43.2 Å². The lowest BCUT2D eigenvalue weighted by atomic mass is 10.1. The first-order chi connectivity index (χ1) is 9.65. The van der Waals surface area contributed by atoms with E-state index in [-0.39, 0.29) is 17.2 Å². The van der Waals surface area contributed by atoms with Gasteiger partial charge in [-0.1, -0.05) is 30.3 Å². The van der Waals surface area contributed by atoms with Gasteiger partial charge < -0.3 is 10.4 Å². The quantitative estimate of drug-likeness (QED) is 0.629. The minimum absolute atomic E-state index is 0.0259. The van der Waals surface area contributed by atoms with Crippen LogP contribution in [0.1, 0.15) is 24.8 Å². The van der Waals surface area contributed by atoms with Gasteiger partial charge in [-0.2, -0.15) is 12.6 Å². The van der Waals surface area contributed by atoms with Gasteiger partial charge in [-0.3, -0.25) is 10.1 Å². The average molecular weight is 294 g/mol. The normalized spacial score (nSPS) is 24.7.